The summed E-state index contributed by atoms with van der Waals surface area (Å²) in [6, 6.07) is 13.0. The van der Waals surface area contributed by atoms with Crippen LogP contribution in [0.1, 0.15) is 52.9 Å². The summed E-state index contributed by atoms with van der Waals surface area (Å²) in [5.41, 5.74) is 4.54. The molecule has 0 saturated carbocycles. The van der Waals surface area contributed by atoms with Crippen molar-refractivity contribution in [3.63, 3.8) is 0 Å². The summed E-state index contributed by atoms with van der Waals surface area (Å²) < 4.78 is 5.77. The van der Waals surface area contributed by atoms with E-state index in [-0.39, 0.29) is 11.9 Å². The third-order valence-electron chi connectivity index (χ3n) is 5.72. The highest BCUT2D eigenvalue weighted by Crippen LogP contribution is 2.35. The molecule has 148 valence electrons. The Labute approximate surface area is 171 Å². The Balaban J connectivity index is 1.52. The Bertz CT molecular complexity index is 868. The molecule has 0 spiro atoms. The monoisotopic (exact) mass is 396 g/mol. The van der Waals surface area contributed by atoms with Crippen LogP contribution in [-0.4, -0.2) is 36.8 Å². The maximum atomic E-state index is 13.0. The van der Waals surface area contributed by atoms with Gasteiger partial charge in [-0.2, -0.15) is 0 Å². The van der Waals surface area contributed by atoms with E-state index in [0.717, 1.165) is 35.7 Å². The van der Waals surface area contributed by atoms with Crippen LogP contribution in [0, 0.1) is 0 Å². The average molecular weight is 397 g/mol. The van der Waals surface area contributed by atoms with Crippen LogP contribution in [0.3, 0.4) is 0 Å². The number of nitrogens with one attached hydrogen (secondary N) is 1. The zero-order chi connectivity index (χ0) is 19.5. The molecule has 4 nitrogen and oxygen atoms in total. The predicted octanol–water partition coefficient (Wildman–Crippen LogP) is 4.43. The van der Waals surface area contributed by atoms with E-state index in [9.17, 15) is 4.79 Å². The molecule has 0 saturated heterocycles. The number of hydrogen-bond donors (Lipinski definition) is 1. The number of ether oxygens (including phenoxy) is 1. The molecule has 28 heavy (non-hydrogen) atoms. The molecule has 2 aliphatic rings. The molecule has 2 heterocycles. The number of carbonyl (C=O) groups is 1. The summed E-state index contributed by atoms with van der Waals surface area (Å²) in [7, 11) is 0. The quantitative estimate of drug-likeness (QED) is 0.703. The van der Waals surface area contributed by atoms with Crippen molar-refractivity contribution >= 4 is 17.7 Å². The molecule has 1 amide bonds. The van der Waals surface area contributed by atoms with Gasteiger partial charge in [0, 0.05) is 24.4 Å². The van der Waals surface area contributed by atoms with Crippen molar-refractivity contribution in [2.75, 3.05) is 26.0 Å². The van der Waals surface area contributed by atoms with Gasteiger partial charge in [-0.15, -0.1) is 11.8 Å². The normalized spacial score (nSPS) is 17.9. The minimum absolute atomic E-state index is 0.0335. The molecule has 1 atom stereocenters. The fourth-order valence-electron chi connectivity index (χ4n) is 4.21. The molecule has 0 aromatic heterocycles. The minimum atomic E-state index is -0.0335. The van der Waals surface area contributed by atoms with E-state index in [1.165, 1.54) is 24.0 Å². The number of hydrogen-bond acceptors (Lipinski definition) is 4. The minimum Gasteiger partial charge on any atom is -0.492 e. The molecular formula is C23H28N2O2S. The Morgan fingerprint density at radius 3 is 2.96 bits per heavy atom. The second-order valence-electron chi connectivity index (χ2n) is 7.51. The summed E-state index contributed by atoms with van der Waals surface area (Å²) in [4.78, 5) is 16.7. The van der Waals surface area contributed by atoms with Crippen molar-refractivity contribution in [3.05, 3.63) is 58.7 Å². The number of fused-ring (bicyclic) bond motifs is 2. The largest absolute Gasteiger partial charge is 0.492 e. The summed E-state index contributed by atoms with van der Waals surface area (Å²) in [6.45, 7) is 5.54. The first-order chi connectivity index (χ1) is 13.7. The van der Waals surface area contributed by atoms with Crippen LogP contribution >= 0.6 is 11.8 Å². The number of unbranched alkanes of at least 4 members (excludes halogenated alkanes) is 1. The Morgan fingerprint density at radius 1 is 1.29 bits per heavy atom. The van der Waals surface area contributed by atoms with Crippen molar-refractivity contribution < 1.29 is 9.53 Å². The Hall–Kier alpha value is -1.98. The second-order valence-corrected chi connectivity index (χ2v) is 8.39. The summed E-state index contributed by atoms with van der Waals surface area (Å²) in [6.07, 6.45) is 5.28. The number of nitrogens with zero attached hydrogens (tertiary/aromatic N) is 1. The molecular weight excluding hydrogens is 368 g/mol. The maximum Gasteiger partial charge on any atom is 0.255 e. The molecule has 4 rings (SSSR count). The second kappa shape index (κ2) is 8.58. The molecule has 5 heteroatoms. The molecule has 0 bridgehead atoms. The van der Waals surface area contributed by atoms with Crippen LogP contribution in [0.25, 0.3) is 0 Å². The van der Waals surface area contributed by atoms with Gasteiger partial charge in [-0.3, -0.25) is 9.69 Å². The van der Waals surface area contributed by atoms with E-state index in [4.69, 9.17) is 4.74 Å². The standard InChI is InChI=1S/C23H28N2O2S/c1-3-4-10-25-15-17-7-5-6-8-19(17)21(25)14-24-23(26)20-13-18(28-2)12-16-9-11-27-22(16)20/h5-8,12-13,21H,3-4,9-11,14-15H2,1-2H3,(H,24,26)/t21-/m1/s1. The molecule has 0 fully saturated rings. The van der Waals surface area contributed by atoms with Gasteiger partial charge in [0.25, 0.3) is 5.91 Å². The molecule has 2 aromatic rings. The number of rotatable bonds is 7. The molecule has 2 aliphatic heterocycles. The highest BCUT2D eigenvalue weighted by molar-refractivity contribution is 7.98. The van der Waals surface area contributed by atoms with Gasteiger partial charge < -0.3 is 10.1 Å². The van der Waals surface area contributed by atoms with Crippen molar-refractivity contribution in [2.24, 2.45) is 0 Å². The van der Waals surface area contributed by atoms with E-state index in [0.29, 0.717) is 18.7 Å². The fraction of sp³-hybridized carbons (Fsp3) is 0.435. The first-order valence-electron chi connectivity index (χ1n) is 10.1. The Morgan fingerprint density at radius 2 is 2.14 bits per heavy atom. The van der Waals surface area contributed by atoms with Crippen molar-refractivity contribution in [2.45, 2.75) is 43.7 Å². The van der Waals surface area contributed by atoms with E-state index < -0.39 is 0 Å². The van der Waals surface area contributed by atoms with Crippen LogP contribution in [0.5, 0.6) is 5.75 Å². The van der Waals surface area contributed by atoms with Gasteiger partial charge in [0.2, 0.25) is 0 Å². The lowest BCUT2D eigenvalue weighted by Crippen LogP contribution is -2.35. The lowest BCUT2D eigenvalue weighted by Gasteiger charge is -2.25. The number of thioether (sulfide) groups is 1. The highest BCUT2D eigenvalue weighted by atomic mass is 32.2. The zero-order valence-electron chi connectivity index (χ0n) is 16.7. The van der Waals surface area contributed by atoms with Gasteiger partial charge in [-0.05, 0) is 48.0 Å². The van der Waals surface area contributed by atoms with Crippen molar-refractivity contribution in [1.29, 1.82) is 0 Å². The number of amides is 1. The topological polar surface area (TPSA) is 41.6 Å². The SMILES string of the molecule is CCCCN1Cc2ccccc2[C@H]1CNC(=O)c1cc(SC)cc2c1OCC2. The fourth-order valence-corrected chi connectivity index (χ4v) is 4.71. The van der Waals surface area contributed by atoms with Crippen LogP contribution in [0.2, 0.25) is 0 Å². The molecule has 0 unspecified atom stereocenters. The Kier molecular flexibility index (Phi) is 5.93. The number of carbonyl (C=O) groups excluding carboxylic acids is 1. The summed E-state index contributed by atoms with van der Waals surface area (Å²) >= 11 is 1.67. The van der Waals surface area contributed by atoms with Crippen LogP contribution in [-0.2, 0) is 13.0 Å². The first-order valence-corrected chi connectivity index (χ1v) is 11.4. The third-order valence-corrected chi connectivity index (χ3v) is 6.43. The maximum absolute atomic E-state index is 13.0. The highest BCUT2D eigenvalue weighted by Gasteiger charge is 2.30. The van der Waals surface area contributed by atoms with E-state index in [1.807, 2.05) is 12.3 Å². The zero-order valence-corrected chi connectivity index (χ0v) is 17.5. The van der Waals surface area contributed by atoms with Gasteiger partial charge >= 0.3 is 0 Å². The number of benzene rings is 2. The first kappa shape index (κ1) is 19.3. The van der Waals surface area contributed by atoms with Gasteiger partial charge in [-0.1, -0.05) is 37.6 Å². The van der Waals surface area contributed by atoms with Gasteiger partial charge in [0.15, 0.2) is 0 Å². The van der Waals surface area contributed by atoms with E-state index in [1.54, 1.807) is 11.8 Å². The average Bonchev–Trinajstić information content (AvgIpc) is 3.33. The van der Waals surface area contributed by atoms with Crippen LogP contribution in [0.4, 0.5) is 0 Å². The van der Waals surface area contributed by atoms with E-state index in [2.05, 4.69) is 47.5 Å². The van der Waals surface area contributed by atoms with Crippen molar-refractivity contribution in [1.82, 2.24) is 10.2 Å². The third kappa shape index (κ3) is 3.78. The van der Waals surface area contributed by atoms with Gasteiger partial charge in [-0.25, -0.2) is 0 Å². The molecule has 0 radical (unpaired) electrons. The molecule has 0 aliphatic carbocycles. The summed E-state index contributed by atoms with van der Waals surface area (Å²) in [5.74, 6) is 0.735. The summed E-state index contributed by atoms with van der Waals surface area (Å²) in [5, 5.41) is 3.20. The lowest BCUT2D eigenvalue weighted by atomic mass is 10.0. The van der Waals surface area contributed by atoms with Gasteiger partial charge in [0.1, 0.15) is 5.75 Å². The van der Waals surface area contributed by atoms with Crippen LogP contribution < -0.4 is 10.1 Å². The van der Waals surface area contributed by atoms with Gasteiger partial charge in [0.05, 0.1) is 18.2 Å². The van der Waals surface area contributed by atoms with Crippen molar-refractivity contribution in [3.8, 4) is 5.75 Å². The predicted molar refractivity (Wildman–Crippen MR) is 114 cm³/mol. The van der Waals surface area contributed by atoms with Crippen LogP contribution in [0.15, 0.2) is 41.3 Å². The lowest BCUT2D eigenvalue weighted by molar-refractivity contribution is 0.0932. The molecule has 2 aromatic carbocycles. The smallest absolute Gasteiger partial charge is 0.255 e. The van der Waals surface area contributed by atoms with E-state index >= 15 is 0 Å². The molecule has 1 N–H and O–H groups in total.